The quantitative estimate of drug-likeness (QED) is 0.281. The summed E-state index contributed by atoms with van der Waals surface area (Å²) >= 11 is 5.91. The van der Waals surface area contributed by atoms with Crippen molar-refractivity contribution in [3.63, 3.8) is 0 Å². The van der Waals surface area contributed by atoms with Crippen LogP contribution in [-0.2, 0) is 11.3 Å². The number of benzene rings is 2. The smallest absolute Gasteiger partial charge is 0.410 e. The molecule has 1 aliphatic heterocycles. The summed E-state index contributed by atoms with van der Waals surface area (Å²) in [6.07, 6.45) is 0.495. The molecule has 12 heteroatoms. The maximum atomic E-state index is 12.3. The Morgan fingerprint density at radius 1 is 1.07 bits per heavy atom. The highest BCUT2D eigenvalue weighted by atomic mass is 35.5. The van der Waals surface area contributed by atoms with Crippen molar-refractivity contribution in [1.82, 2.24) is 14.5 Å². The lowest BCUT2D eigenvalue weighted by atomic mass is 10.0. The second-order valence-electron chi connectivity index (χ2n) is 10.6. The summed E-state index contributed by atoms with van der Waals surface area (Å²) in [5.74, 6) is 0.294. The van der Waals surface area contributed by atoms with Gasteiger partial charge in [-0.05, 0) is 84.1 Å². The third-order valence-corrected chi connectivity index (χ3v) is 6.70. The van der Waals surface area contributed by atoms with Crippen LogP contribution >= 0.6 is 11.6 Å². The van der Waals surface area contributed by atoms with Gasteiger partial charge in [-0.2, -0.15) is 0 Å². The van der Waals surface area contributed by atoms with Gasteiger partial charge in [0.1, 0.15) is 24.2 Å². The number of aryl methyl sites for hydroxylation is 1. The van der Waals surface area contributed by atoms with Crippen molar-refractivity contribution in [2.24, 2.45) is 0 Å². The third-order valence-electron chi connectivity index (χ3n) is 6.40. The number of imidazole rings is 1. The lowest BCUT2D eigenvalue weighted by Gasteiger charge is -2.36. The van der Waals surface area contributed by atoms with Crippen molar-refractivity contribution in [2.45, 2.75) is 45.4 Å². The van der Waals surface area contributed by atoms with Gasteiger partial charge >= 0.3 is 17.2 Å². The van der Waals surface area contributed by atoms with E-state index in [1.165, 1.54) is 10.8 Å². The number of amides is 1. The second-order valence-corrected chi connectivity index (χ2v) is 10.9. The Labute approximate surface area is 238 Å². The summed E-state index contributed by atoms with van der Waals surface area (Å²) in [5, 5.41) is 21.1. The Hall–Kier alpha value is -3.83. The number of nitrogens with zero attached hydrogens (tertiary/aromatic N) is 5. The van der Waals surface area contributed by atoms with E-state index in [-0.39, 0.29) is 30.3 Å². The number of hydrogen-bond acceptors (Lipinski definition) is 8. The lowest BCUT2D eigenvalue weighted by molar-refractivity contribution is -0.389. The Bertz CT molecular complexity index is 1300. The summed E-state index contributed by atoms with van der Waals surface area (Å²) in [4.78, 5) is 30.2. The van der Waals surface area contributed by atoms with Crippen molar-refractivity contribution < 1.29 is 24.3 Å². The molecular weight excluding hydrogens is 538 g/mol. The van der Waals surface area contributed by atoms with Gasteiger partial charge < -0.3 is 34.5 Å². The molecular formula is C28H34ClN5O6. The molecule has 1 atom stereocenters. The average Bonchev–Trinajstić information content (AvgIpc) is 3.31. The zero-order valence-electron chi connectivity index (χ0n) is 22.8. The van der Waals surface area contributed by atoms with Crippen LogP contribution in [0.5, 0.6) is 5.75 Å². The van der Waals surface area contributed by atoms with Gasteiger partial charge in [-0.15, -0.1) is 0 Å². The van der Waals surface area contributed by atoms with E-state index in [9.17, 15) is 20.0 Å². The first kappa shape index (κ1) is 29.2. The van der Waals surface area contributed by atoms with Crippen molar-refractivity contribution in [2.75, 3.05) is 37.7 Å². The minimum Gasteiger partial charge on any atom is -0.491 e. The van der Waals surface area contributed by atoms with Gasteiger partial charge in [0.2, 0.25) is 0 Å². The van der Waals surface area contributed by atoms with Gasteiger partial charge in [0.25, 0.3) is 0 Å². The number of aromatic nitrogens is 2. The van der Waals surface area contributed by atoms with E-state index in [0.29, 0.717) is 25.3 Å². The van der Waals surface area contributed by atoms with Gasteiger partial charge in [-0.3, -0.25) is 4.57 Å². The molecule has 214 valence electrons. The van der Waals surface area contributed by atoms with Crippen LogP contribution in [0, 0.1) is 10.1 Å². The number of rotatable bonds is 9. The molecule has 1 aliphatic rings. The fourth-order valence-electron chi connectivity index (χ4n) is 4.27. The molecule has 0 radical (unpaired) electrons. The van der Waals surface area contributed by atoms with Crippen molar-refractivity contribution in [1.29, 1.82) is 0 Å². The Morgan fingerprint density at radius 2 is 1.68 bits per heavy atom. The van der Waals surface area contributed by atoms with Crippen molar-refractivity contribution in [3.05, 3.63) is 70.1 Å². The minimum absolute atomic E-state index is 0.00390. The first-order valence-electron chi connectivity index (χ1n) is 13.1. The molecule has 0 saturated carbocycles. The maximum absolute atomic E-state index is 12.3. The number of nitro groups is 1. The molecule has 0 bridgehead atoms. The predicted octanol–water partition coefficient (Wildman–Crippen LogP) is 5.00. The molecule has 40 heavy (non-hydrogen) atoms. The topological polar surface area (TPSA) is 123 Å². The van der Waals surface area contributed by atoms with E-state index < -0.39 is 16.6 Å². The van der Waals surface area contributed by atoms with Gasteiger partial charge in [0.05, 0.1) is 6.10 Å². The third kappa shape index (κ3) is 7.86. The van der Waals surface area contributed by atoms with Crippen LogP contribution in [-0.4, -0.2) is 75.1 Å². The zero-order valence-corrected chi connectivity index (χ0v) is 23.6. The van der Waals surface area contributed by atoms with Crippen LogP contribution in [0.15, 0.2) is 54.7 Å². The number of ether oxygens (including phenoxy) is 2. The highest BCUT2D eigenvalue weighted by Gasteiger charge is 2.26. The van der Waals surface area contributed by atoms with E-state index in [1.807, 2.05) is 45.0 Å². The number of aliphatic hydroxyl groups is 1. The number of hydrogen-bond donors (Lipinski definition) is 1. The summed E-state index contributed by atoms with van der Waals surface area (Å²) in [6.45, 7) is 8.68. The Kier molecular flexibility index (Phi) is 9.16. The molecule has 11 nitrogen and oxygen atoms in total. The van der Waals surface area contributed by atoms with Crippen LogP contribution in [0.1, 0.15) is 27.2 Å². The predicted molar refractivity (Wildman–Crippen MR) is 152 cm³/mol. The highest BCUT2D eigenvalue weighted by Crippen LogP contribution is 2.26. The number of anilines is 1. The maximum Gasteiger partial charge on any atom is 0.410 e. The van der Waals surface area contributed by atoms with Crippen LogP contribution in [0.3, 0.4) is 0 Å². The number of carbonyl (C=O) groups excluding carboxylic acids is 1. The fourth-order valence-corrected chi connectivity index (χ4v) is 4.49. The standard InChI is InChI=1S/C28H34ClN5O6/c1-28(2,3)40-27(36)32-16-14-31(15-17-32)22-8-4-20(5-9-22)21-6-10-24(11-7-21)39-19-23(35)12-13-33-18-25(34(37)38)30-26(33)29/h4-11,18,23,35H,12-17,19H2,1-3H3/t23-/m0/s1. The van der Waals surface area contributed by atoms with Crippen LogP contribution in [0.4, 0.5) is 16.3 Å². The molecule has 3 aromatic rings. The van der Waals surface area contributed by atoms with Gasteiger partial charge in [0, 0.05) is 38.4 Å². The number of aliphatic hydroxyl groups excluding tert-OH is 1. The molecule has 4 rings (SSSR count). The largest absolute Gasteiger partial charge is 0.491 e. The van der Waals surface area contributed by atoms with E-state index >= 15 is 0 Å². The van der Waals surface area contributed by atoms with Crippen LogP contribution in [0.2, 0.25) is 5.28 Å². The second kappa shape index (κ2) is 12.6. The van der Waals surface area contributed by atoms with Crippen molar-refractivity contribution in [3.8, 4) is 16.9 Å². The number of halogens is 1. The number of carbonyl (C=O) groups is 1. The Morgan fingerprint density at radius 3 is 2.23 bits per heavy atom. The monoisotopic (exact) mass is 571 g/mol. The van der Waals surface area contributed by atoms with Gasteiger partial charge in [-0.1, -0.05) is 24.3 Å². The molecule has 0 spiro atoms. The molecule has 1 aromatic heterocycles. The fraction of sp³-hybridized carbons (Fsp3) is 0.429. The van der Waals surface area contributed by atoms with E-state index in [2.05, 4.69) is 34.1 Å². The normalized spacial score (nSPS) is 14.6. The van der Waals surface area contributed by atoms with Gasteiger partial charge in [-0.25, -0.2) is 4.79 Å². The lowest BCUT2D eigenvalue weighted by Crippen LogP contribution is -2.50. The average molecular weight is 572 g/mol. The van der Waals surface area contributed by atoms with Gasteiger partial charge in [0.15, 0.2) is 0 Å². The molecule has 0 unspecified atom stereocenters. The van der Waals surface area contributed by atoms with E-state index in [1.54, 1.807) is 4.90 Å². The molecule has 2 heterocycles. The molecule has 1 saturated heterocycles. The zero-order chi connectivity index (χ0) is 28.9. The number of piperazine rings is 1. The van der Waals surface area contributed by atoms with Crippen LogP contribution < -0.4 is 9.64 Å². The van der Waals surface area contributed by atoms with Crippen molar-refractivity contribution >= 4 is 29.2 Å². The first-order valence-corrected chi connectivity index (χ1v) is 13.5. The summed E-state index contributed by atoms with van der Waals surface area (Å²) in [6, 6.07) is 15.9. The molecule has 1 fully saturated rings. The highest BCUT2D eigenvalue weighted by molar-refractivity contribution is 6.28. The molecule has 0 aliphatic carbocycles. The van der Waals surface area contributed by atoms with E-state index in [4.69, 9.17) is 21.1 Å². The molecule has 1 N–H and O–H groups in total. The Balaban J connectivity index is 1.23. The first-order chi connectivity index (χ1) is 19.0. The summed E-state index contributed by atoms with van der Waals surface area (Å²) < 4.78 is 12.6. The van der Waals surface area contributed by atoms with Crippen LogP contribution in [0.25, 0.3) is 11.1 Å². The summed E-state index contributed by atoms with van der Waals surface area (Å²) in [7, 11) is 0. The SMILES string of the molecule is CC(C)(C)OC(=O)N1CCN(c2ccc(-c3ccc(OC[C@@H](O)CCn4cc([N+](=O)[O-])nc4Cl)cc3)cc2)CC1. The molecule has 1 amide bonds. The minimum atomic E-state index is -0.782. The summed E-state index contributed by atoms with van der Waals surface area (Å²) in [5.41, 5.74) is 2.70. The van der Waals surface area contributed by atoms with E-state index in [0.717, 1.165) is 29.9 Å². The molecule has 2 aromatic carbocycles.